The maximum atomic E-state index is 11.9. The van der Waals surface area contributed by atoms with Crippen LogP contribution in [0.3, 0.4) is 0 Å². The third-order valence-electron chi connectivity index (χ3n) is 3.41. The number of aromatic hydroxyl groups is 1. The zero-order chi connectivity index (χ0) is 18.1. The second-order valence-electron chi connectivity index (χ2n) is 5.33. The van der Waals surface area contributed by atoms with E-state index in [0.29, 0.717) is 37.6 Å². The van der Waals surface area contributed by atoms with Crippen LogP contribution in [-0.4, -0.2) is 30.9 Å². The van der Waals surface area contributed by atoms with Gasteiger partial charge in [-0.05, 0) is 50.1 Å². The van der Waals surface area contributed by atoms with Crippen molar-refractivity contribution in [1.29, 1.82) is 0 Å². The second-order valence-corrected chi connectivity index (χ2v) is 5.33. The Morgan fingerprint density at radius 3 is 2.52 bits per heavy atom. The van der Waals surface area contributed by atoms with Crippen molar-refractivity contribution in [2.45, 2.75) is 20.3 Å². The molecule has 6 heteroatoms. The molecule has 6 nitrogen and oxygen atoms in total. The minimum atomic E-state index is -0.318. The number of hydrogen-bond donors (Lipinski definition) is 3. The molecule has 0 aromatic heterocycles. The molecule has 0 aliphatic rings. The molecule has 2 aromatic carbocycles. The van der Waals surface area contributed by atoms with Gasteiger partial charge in [-0.3, -0.25) is 0 Å². The molecule has 3 N–H and O–H groups in total. The summed E-state index contributed by atoms with van der Waals surface area (Å²) < 4.78 is 11.1. The SMILES string of the molecule is CCOc1ccc(CCNC(=O)Nc2cccc(O)c2)cc1OCC. The van der Waals surface area contributed by atoms with Gasteiger partial charge in [-0.15, -0.1) is 0 Å². The van der Waals surface area contributed by atoms with Gasteiger partial charge in [0.25, 0.3) is 0 Å². The Morgan fingerprint density at radius 2 is 1.80 bits per heavy atom. The van der Waals surface area contributed by atoms with Crippen molar-refractivity contribution in [3.63, 3.8) is 0 Å². The van der Waals surface area contributed by atoms with Crippen LogP contribution in [0.5, 0.6) is 17.2 Å². The first-order valence-electron chi connectivity index (χ1n) is 8.34. The lowest BCUT2D eigenvalue weighted by Crippen LogP contribution is -2.30. The van der Waals surface area contributed by atoms with Crippen LogP contribution < -0.4 is 20.1 Å². The molecule has 0 aliphatic carbocycles. The van der Waals surface area contributed by atoms with Gasteiger partial charge in [0.1, 0.15) is 5.75 Å². The highest BCUT2D eigenvalue weighted by atomic mass is 16.5. The van der Waals surface area contributed by atoms with Gasteiger partial charge in [-0.2, -0.15) is 0 Å². The van der Waals surface area contributed by atoms with Crippen molar-refractivity contribution >= 4 is 11.7 Å². The van der Waals surface area contributed by atoms with Crippen molar-refractivity contribution < 1.29 is 19.4 Å². The number of hydrogen-bond acceptors (Lipinski definition) is 4. The van der Waals surface area contributed by atoms with Crippen LogP contribution in [0.2, 0.25) is 0 Å². The van der Waals surface area contributed by atoms with Gasteiger partial charge in [0.15, 0.2) is 11.5 Å². The van der Waals surface area contributed by atoms with E-state index in [9.17, 15) is 9.90 Å². The van der Waals surface area contributed by atoms with E-state index in [1.807, 2.05) is 32.0 Å². The molecular formula is C19H24N2O4. The summed E-state index contributed by atoms with van der Waals surface area (Å²) >= 11 is 0. The first-order chi connectivity index (χ1) is 12.1. The van der Waals surface area contributed by atoms with Gasteiger partial charge in [0, 0.05) is 18.3 Å². The topological polar surface area (TPSA) is 79.8 Å². The van der Waals surface area contributed by atoms with E-state index in [2.05, 4.69) is 10.6 Å². The molecule has 25 heavy (non-hydrogen) atoms. The van der Waals surface area contributed by atoms with Crippen molar-refractivity contribution in [1.82, 2.24) is 5.32 Å². The Hall–Kier alpha value is -2.89. The van der Waals surface area contributed by atoms with E-state index >= 15 is 0 Å². The fourth-order valence-corrected chi connectivity index (χ4v) is 2.33. The summed E-state index contributed by atoms with van der Waals surface area (Å²) in [6.07, 6.45) is 0.667. The van der Waals surface area contributed by atoms with Crippen molar-refractivity contribution in [2.75, 3.05) is 25.1 Å². The molecule has 0 atom stereocenters. The number of carbonyl (C=O) groups excluding carboxylic acids is 1. The fourth-order valence-electron chi connectivity index (χ4n) is 2.33. The van der Waals surface area contributed by atoms with Crippen molar-refractivity contribution in [3.8, 4) is 17.2 Å². The van der Waals surface area contributed by atoms with Crippen LogP contribution in [0, 0.1) is 0 Å². The maximum absolute atomic E-state index is 11.9. The molecule has 0 saturated carbocycles. The number of phenols is 1. The number of amides is 2. The predicted octanol–water partition coefficient (Wildman–Crippen LogP) is 3.55. The number of ether oxygens (including phenoxy) is 2. The van der Waals surface area contributed by atoms with Gasteiger partial charge >= 0.3 is 6.03 Å². The lowest BCUT2D eigenvalue weighted by Gasteiger charge is -2.13. The van der Waals surface area contributed by atoms with Gasteiger partial charge in [0.05, 0.1) is 13.2 Å². The minimum absolute atomic E-state index is 0.107. The maximum Gasteiger partial charge on any atom is 0.319 e. The average molecular weight is 344 g/mol. The zero-order valence-corrected chi connectivity index (χ0v) is 14.5. The van der Waals surface area contributed by atoms with E-state index in [1.54, 1.807) is 18.2 Å². The second kappa shape index (κ2) is 9.42. The van der Waals surface area contributed by atoms with E-state index in [-0.39, 0.29) is 11.8 Å². The number of benzene rings is 2. The number of nitrogens with one attached hydrogen (secondary N) is 2. The molecule has 2 amide bonds. The number of anilines is 1. The summed E-state index contributed by atoms with van der Waals surface area (Å²) in [4.78, 5) is 11.9. The average Bonchev–Trinajstić information content (AvgIpc) is 2.57. The summed E-state index contributed by atoms with van der Waals surface area (Å²) in [6.45, 7) is 5.48. The normalized spacial score (nSPS) is 10.2. The Morgan fingerprint density at radius 1 is 1.04 bits per heavy atom. The number of rotatable bonds is 8. The molecule has 0 radical (unpaired) electrons. The lowest BCUT2D eigenvalue weighted by atomic mass is 10.1. The Labute approximate surface area is 147 Å². The molecule has 2 aromatic rings. The smallest absolute Gasteiger partial charge is 0.319 e. The van der Waals surface area contributed by atoms with Crippen molar-refractivity contribution in [2.24, 2.45) is 0 Å². The zero-order valence-electron chi connectivity index (χ0n) is 14.5. The van der Waals surface area contributed by atoms with Crippen LogP contribution >= 0.6 is 0 Å². The molecule has 0 fully saturated rings. The Bertz CT molecular complexity index is 704. The highest BCUT2D eigenvalue weighted by molar-refractivity contribution is 5.89. The highest BCUT2D eigenvalue weighted by Crippen LogP contribution is 2.28. The number of carbonyl (C=O) groups is 1. The molecular weight excluding hydrogens is 320 g/mol. The third-order valence-corrected chi connectivity index (χ3v) is 3.41. The first-order valence-corrected chi connectivity index (χ1v) is 8.34. The molecule has 0 saturated heterocycles. The molecule has 0 unspecified atom stereocenters. The lowest BCUT2D eigenvalue weighted by molar-refractivity contribution is 0.252. The number of phenolic OH excluding ortho intramolecular Hbond substituents is 1. The molecule has 134 valence electrons. The third kappa shape index (κ3) is 5.91. The summed E-state index contributed by atoms with van der Waals surface area (Å²) in [5.74, 6) is 1.55. The minimum Gasteiger partial charge on any atom is -0.508 e. The first kappa shape index (κ1) is 18.4. The molecule has 0 spiro atoms. The Balaban J connectivity index is 1.86. The summed E-state index contributed by atoms with van der Waals surface area (Å²) in [7, 11) is 0. The predicted molar refractivity (Wildman–Crippen MR) is 97.6 cm³/mol. The molecule has 0 heterocycles. The van der Waals surface area contributed by atoms with Crippen LogP contribution in [-0.2, 0) is 6.42 Å². The quantitative estimate of drug-likeness (QED) is 0.684. The van der Waals surface area contributed by atoms with Gasteiger partial charge < -0.3 is 25.2 Å². The number of urea groups is 1. The van der Waals surface area contributed by atoms with Crippen LogP contribution in [0.25, 0.3) is 0 Å². The van der Waals surface area contributed by atoms with Crippen LogP contribution in [0.1, 0.15) is 19.4 Å². The van der Waals surface area contributed by atoms with E-state index < -0.39 is 0 Å². The van der Waals surface area contributed by atoms with Crippen LogP contribution in [0.15, 0.2) is 42.5 Å². The monoisotopic (exact) mass is 344 g/mol. The molecule has 0 bridgehead atoms. The standard InChI is InChI=1S/C19H24N2O4/c1-3-24-17-9-8-14(12-18(17)25-4-2)10-11-20-19(23)21-15-6-5-7-16(22)13-15/h5-9,12-13,22H,3-4,10-11H2,1-2H3,(H2,20,21,23). The van der Waals surface area contributed by atoms with E-state index in [1.165, 1.54) is 6.07 Å². The summed E-state index contributed by atoms with van der Waals surface area (Å²) in [6, 6.07) is 11.9. The largest absolute Gasteiger partial charge is 0.508 e. The highest BCUT2D eigenvalue weighted by Gasteiger charge is 2.07. The van der Waals surface area contributed by atoms with Gasteiger partial charge in [0.2, 0.25) is 0 Å². The van der Waals surface area contributed by atoms with Gasteiger partial charge in [-0.25, -0.2) is 4.79 Å². The summed E-state index contributed by atoms with van der Waals surface area (Å²) in [5, 5.41) is 14.8. The van der Waals surface area contributed by atoms with E-state index in [4.69, 9.17) is 9.47 Å². The fraction of sp³-hybridized carbons (Fsp3) is 0.316. The van der Waals surface area contributed by atoms with Crippen molar-refractivity contribution in [3.05, 3.63) is 48.0 Å². The van der Waals surface area contributed by atoms with E-state index in [0.717, 1.165) is 11.3 Å². The Kier molecular flexibility index (Phi) is 6.95. The van der Waals surface area contributed by atoms with Gasteiger partial charge in [-0.1, -0.05) is 12.1 Å². The molecule has 2 rings (SSSR count). The molecule has 0 aliphatic heterocycles. The summed E-state index contributed by atoms with van der Waals surface area (Å²) in [5.41, 5.74) is 1.58. The van der Waals surface area contributed by atoms with Crippen LogP contribution in [0.4, 0.5) is 10.5 Å².